The van der Waals surface area contributed by atoms with Crippen molar-refractivity contribution < 1.29 is 4.57 Å². The molecule has 13 rings (SSSR count). The van der Waals surface area contributed by atoms with E-state index < -0.39 is 0 Å². The van der Waals surface area contributed by atoms with Gasteiger partial charge in [-0.1, -0.05) is 192 Å². The third-order valence-corrected chi connectivity index (χ3v) is 14.0. The Morgan fingerprint density at radius 2 is 0.763 bits per heavy atom. The number of para-hydroxylation sites is 2. The van der Waals surface area contributed by atoms with Crippen LogP contribution in [0.2, 0.25) is 0 Å². The van der Waals surface area contributed by atoms with Gasteiger partial charge < -0.3 is 4.57 Å². The highest BCUT2D eigenvalue weighted by Crippen LogP contribution is 2.48. The third kappa shape index (κ3) is 8.24. The van der Waals surface area contributed by atoms with E-state index in [-0.39, 0.29) is 0 Å². The summed E-state index contributed by atoms with van der Waals surface area (Å²) >= 11 is 0. The zero-order chi connectivity index (χ0) is 51.0. The Bertz CT molecular complexity index is 4180. The standard InChI is InChI=1S/C68H45N8/c1-75-67(48-27-10-4-11-28-48)73-65(74-68(75)49-29-12-5-13-30-49)57-37-15-14-34-53(57)56-40-41-58(66-71-63(46-23-6-2-7-24-46)70-64(72-66)47-25-8-3-9-26-47)62(61(56)50-31-20-22-45(42-50)44-69)51-32-21-33-52(43-51)76-59-38-18-16-35-54(59)55-36-17-19-39-60(55)76/h2-43H,1H3/q+1. The van der Waals surface area contributed by atoms with Gasteiger partial charge >= 0.3 is 5.82 Å². The van der Waals surface area contributed by atoms with E-state index in [9.17, 15) is 5.26 Å². The highest BCUT2D eigenvalue weighted by molar-refractivity contribution is 6.09. The molecule has 3 heterocycles. The van der Waals surface area contributed by atoms with Crippen LogP contribution in [0.25, 0.3) is 129 Å². The number of hydrogen-bond donors (Lipinski definition) is 0. The molecule has 3 aromatic heterocycles. The summed E-state index contributed by atoms with van der Waals surface area (Å²) in [7, 11) is 2.02. The van der Waals surface area contributed by atoms with Crippen molar-refractivity contribution in [1.82, 2.24) is 29.5 Å². The maximum Gasteiger partial charge on any atom is 0.309 e. The molecule has 0 saturated heterocycles. The number of nitrogens with zero attached hydrogens (tertiary/aromatic N) is 8. The first kappa shape index (κ1) is 45.4. The number of nitriles is 1. The number of benzene rings is 10. The first-order chi connectivity index (χ1) is 37.6. The molecule has 0 spiro atoms. The van der Waals surface area contributed by atoms with Gasteiger partial charge in [0.1, 0.15) is 0 Å². The Morgan fingerprint density at radius 3 is 1.33 bits per heavy atom. The lowest BCUT2D eigenvalue weighted by Crippen LogP contribution is -2.36. The zero-order valence-corrected chi connectivity index (χ0v) is 41.3. The highest BCUT2D eigenvalue weighted by Gasteiger charge is 2.29. The summed E-state index contributed by atoms with van der Waals surface area (Å²) in [4.78, 5) is 26.6. The lowest BCUT2D eigenvalue weighted by molar-refractivity contribution is -0.654. The molecule has 0 aliphatic carbocycles. The van der Waals surface area contributed by atoms with E-state index in [4.69, 9.17) is 24.9 Å². The van der Waals surface area contributed by atoms with Crippen LogP contribution in [0.4, 0.5) is 0 Å². The van der Waals surface area contributed by atoms with Crippen LogP contribution in [0.1, 0.15) is 5.56 Å². The van der Waals surface area contributed by atoms with E-state index in [2.05, 4.69) is 149 Å². The highest BCUT2D eigenvalue weighted by atomic mass is 15.1. The number of hydrogen-bond acceptors (Lipinski definition) is 6. The monoisotopic (exact) mass is 973 g/mol. The molecule has 10 aromatic carbocycles. The maximum absolute atomic E-state index is 10.6. The minimum Gasteiger partial charge on any atom is -0.309 e. The van der Waals surface area contributed by atoms with E-state index in [1.54, 1.807) is 0 Å². The smallest absolute Gasteiger partial charge is 0.309 e. The van der Waals surface area contributed by atoms with Gasteiger partial charge in [-0.2, -0.15) is 5.26 Å². The van der Waals surface area contributed by atoms with E-state index >= 15 is 0 Å². The summed E-state index contributed by atoms with van der Waals surface area (Å²) in [6.45, 7) is 0. The van der Waals surface area contributed by atoms with Crippen LogP contribution in [-0.4, -0.2) is 29.5 Å². The van der Waals surface area contributed by atoms with Gasteiger partial charge in [0.05, 0.1) is 46.4 Å². The first-order valence-electron chi connectivity index (χ1n) is 25.2. The topological polar surface area (TPSA) is 97.0 Å². The molecular formula is C68H45N8+. The molecule has 0 fully saturated rings. The fraction of sp³-hybridized carbons (Fsp3) is 0.0147. The summed E-state index contributed by atoms with van der Waals surface area (Å²) in [5, 5.41) is 12.9. The van der Waals surface area contributed by atoms with Crippen LogP contribution in [0.3, 0.4) is 0 Å². The molecule has 76 heavy (non-hydrogen) atoms. The van der Waals surface area contributed by atoms with E-state index in [1.807, 2.05) is 128 Å². The van der Waals surface area contributed by atoms with Gasteiger partial charge in [-0.25, -0.2) is 19.5 Å². The molecule has 8 nitrogen and oxygen atoms in total. The normalized spacial score (nSPS) is 11.2. The lowest BCUT2D eigenvalue weighted by atomic mass is 9.83. The second kappa shape index (κ2) is 19.5. The minimum atomic E-state index is 0.501. The molecule has 0 unspecified atom stereocenters. The average Bonchev–Trinajstić information content (AvgIpc) is 3.85. The minimum absolute atomic E-state index is 0.501. The Balaban J connectivity index is 1.14. The molecule has 356 valence electrons. The Morgan fingerprint density at radius 1 is 0.342 bits per heavy atom. The molecular weight excluding hydrogens is 929 g/mol. The quantitative estimate of drug-likeness (QED) is 0.127. The van der Waals surface area contributed by atoms with Gasteiger partial charge in [-0.05, 0) is 101 Å². The zero-order valence-electron chi connectivity index (χ0n) is 41.3. The summed E-state index contributed by atoms with van der Waals surface area (Å²) in [6.07, 6.45) is 0. The molecule has 0 atom stereocenters. The van der Waals surface area contributed by atoms with Crippen LogP contribution >= 0.6 is 0 Å². The Kier molecular flexibility index (Phi) is 11.6. The van der Waals surface area contributed by atoms with Crippen molar-refractivity contribution in [1.29, 1.82) is 5.26 Å². The molecule has 0 N–H and O–H groups in total. The second-order valence-electron chi connectivity index (χ2n) is 18.6. The van der Waals surface area contributed by atoms with Gasteiger partial charge in [-0.15, -0.1) is 0 Å². The van der Waals surface area contributed by atoms with Crippen molar-refractivity contribution in [3.8, 4) is 113 Å². The van der Waals surface area contributed by atoms with Gasteiger partial charge in [0.25, 0.3) is 11.6 Å². The summed E-state index contributed by atoms with van der Waals surface area (Å²) in [6, 6.07) is 89.4. The van der Waals surface area contributed by atoms with Gasteiger partial charge in [0.15, 0.2) is 17.5 Å². The molecule has 13 aromatic rings. The van der Waals surface area contributed by atoms with Crippen molar-refractivity contribution in [2.24, 2.45) is 7.05 Å². The third-order valence-electron chi connectivity index (χ3n) is 14.0. The number of fused-ring (bicyclic) bond motifs is 3. The van der Waals surface area contributed by atoms with Crippen molar-refractivity contribution in [3.63, 3.8) is 0 Å². The fourth-order valence-corrected chi connectivity index (χ4v) is 10.5. The predicted octanol–water partition coefficient (Wildman–Crippen LogP) is 15.5. The van der Waals surface area contributed by atoms with E-state index in [1.165, 1.54) is 10.8 Å². The van der Waals surface area contributed by atoms with Crippen LogP contribution in [0, 0.1) is 11.3 Å². The maximum atomic E-state index is 10.6. The largest absolute Gasteiger partial charge is 0.309 e. The molecule has 0 saturated carbocycles. The molecule has 0 bridgehead atoms. The van der Waals surface area contributed by atoms with E-state index in [0.29, 0.717) is 28.9 Å². The van der Waals surface area contributed by atoms with Gasteiger partial charge in [0, 0.05) is 38.7 Å². The van der Waals surface area contributed by atoms with Crippen molar-refractivity contribution in [3.05, 3.63) is 260 Å². The number of rotatable bonds is 10. The van der Waals surface area contributed by atoms with Crippen molar-refractivity contribution in [2.75, 3.05) is 0 Å². The van der Waals surface area contributed by atoms with Crippen molar-refractivity contribution in [2.45, 2.75) is 0 Å². The van der Waals surface area contributed by atoms with Crippen LogP contribution < -0.4 is 4.57 Å². The molecule has 0 radical (unpaired) electrons. The molecule has 0 aliphatic heterocycles. The summed E-state index contributed by atoms with van der Waals surface area (Å²) in [5.74, 6) is 3.72. The number of aromatic nitrogens is 7. The first-order valence-corrected chi connectivity index (χ1v) is 25.2. The summed E-state index contributed by atoms with van der Waals surface area (Å²) < 4.78 is 4.41. The average molecular weight is 974 g/mol. The van der Waals surface area contributed by atoms with Crippen LogP contribution in [0.5, 0.6) is 0 Å². The van der Waals surface area contributed by atoms with Crippen molar-refractivity contribution >= 4 is 21.8 Å². The van der Waals surface area contributed by atoms with Crippen LogP contribution in [0.15, 0.2) is 255 Å². The Labute approximate surface area is 439 Å². The SMILES string of the molecule is C[n+]1c(-c2ccccc2)nc(-c2ccccc2-c2ccc(-c3nc(-c4ccccc4)nc(-c4ccccc4)n3)c(-c3cccc(-n4c5ccccc5c5ccccc54)c3)c2-c2cccc(C#N)c2)nc1-c1ccccc1. The lowest BCUT2D eigenvalue weighted by Gasteiger charge is -2.22. The Hall–Kier alpha value is -10.5. The predicted molar refractivity (Wildman–Crippen MR) is 305 cm³/mol. The van der Waals surface area contributed by atoms with Gasteiger partial charge in [-0.3, -0.25) is 0 Å². The van der Waals surface area contributed by atoms with Gasteiger partial charge in [0.2, 0.25) is 0 Å². The molecule has 8 heteroatoms. The second-order valence-corrected chi connectivity index (χ2v) is 18.6. The molecule has 0 aliphatic rings. The summed E-state index contributed by atoms with van der Waals surface area (Å²) in [5.41, 5.74) is 14.4. The molecule has 0 amide bonds. The van der Waals surface area contributed by atoms with E-state index in [0.717, 1.165) is 95.1 Å². The van der Waals surface area contributed by atoms with Crippen LogP contribution in [-0.2, 0) is 7.05 Å². The fourth-order valence-electron chi connectivity index (χ4n) is 10.5.